The largest absolute Gasteiger partial charge is 0.341 e. The van der Waals surface area contributed by atoms with Crippen LogP contribution in [-0.4, -0.2) is 28.0 Å². The number of hydrogen-bond acceptors (Lipinski definition) is 2. The SMILES string of the molecule is CC1CC(C)CN(C(C)c2nc3cc(F)c(F)cc3[nH]2)C1. The normalized spacial score (nSPS) is 25.4. The lowest BCUT2D eigenvalue weighted by atomic mass is 9.91. The maximum absolute atomic E-state index is 13.3. The van der Waals surface area contributed by atoms with E-state index in [9.17, 15) is 8.78 Å². The van der Waals surface area contributed by atoms with E-state index >= 15 is 0 Å². The highest BCUT2D eigenvalue weighted by molar-refractivity contribution is 5.75. The highest BCUT2D eigenvalue weighted by Crippen LogP contribution is 2.29. The first-order chi connectivity index (χ1) is 9.94. The molecule has 0 amide bonds. The molecule has 1 aliphatic heterocycles. The second-order valence-electron chi connectivity index (χ2n) is 6.48. The summed E-state index contributed by atoms with van der Waals surface area (Å²) in [6.07, 6.45) is 1.25. The Morgan fingerprint density at radius 3 is 2.48 bits per heavy atom. The van der Waals surface area contributed by atoms with Crippen molar-refractivity contribution in [2.24, 2.45) is 11.8 Å². The fourth-order valence-electron chi connectivity index (χ4n) is 3.42. The van der Waals surface area contributed by atoms with Crippen molar-refractivity contribution < 1.29 is 8.78 Å². The number of fused-ring (bicyclic) bond motifs is 1. The molecule has 1 aliphatic rings. The molecule has 1 fully saturated rings. The first-order valence-corrected chi connectivity index (χ1v) is 7.52. The first kappa shape index (κ1) is 14.4. The third-order valence-corrected chi connectivity index (χ3v) is 4.38. The number of piperidine rings is 1. The molecule has 114 valence electrons. The number of hydrogen-bond donors (Lipinski definition) is 1. The highest BCUT2D eigenvalue weighted by Gasteiger charge is 2.27. The van der Waals surface area contributed by atoms with E-state index in [2.05, 4.69) is 35.6 Å². The molecule has 1 aromatic carbocycles. The van der Waals surface area contributed by atoms with Gasteiger partial charge in [0.1, 0.15) is 5.82 Å². The van der Waals surface area contributed by atoms with Crippen LogP contribution in [0, 0.1) is 23.5 Å². The molecule has 3 nitrogen and oxygen atoms in total. The number of nitrogens with zero attached hydrogens (tertiary/aromatic N) is 2. The summed E-state index contributed by atoms with van der Waals surface area (Å²) in [5.74, 6) is 0.404. The number of likely N-dealkylation sites (tertiary alicyclic amines) is 1. The second-order valence-corrected chi connectivity index (χ2v) is 6.48. The van der Waals surface area contributed by atoms with Crippen molar-refractivity contribution in [3.63, 3.8) is 0 Å². The van der Waals surface area contributed by atoms with Crippen LogP contribution in [0.25, 0.3) is 11.0 Å². The van der Waals surface area contributed by atoms with Crippen LogP contribution in [0.5, 0.6) is 0 Å². The molecule has 2 heterocycles. The average molecular weight is 293 g/mol. The minimum Gasteiger partial charge on any atom is -0.341 e. The third kappa shape index (κ3) is 2.79. The molecule has 0 spiro atoms. The molecule has 3 atom stereocenters. The molecule has 1 N–H and O–H groups in total. The Balaban J connectivity index is 1.89. The van der Waals surface area contributed by atoms with Gasteiger partial charge in [-0.3, -0.25) is 4.90 Å². The Morgan fingerprint density at radius 1 is 1.19 bits per heavy atom. The van der Waals surface area contributed by atoms with Crippen LogP contribution in [0.2, 0.25) is 0 Å². The minimum absolute atomic E-state index is 0.119. The summed E-state index contributed by atoms with van der Waals surface area (Å²) >= 11 is 0. The minimum atomic E-state index is -0.853. The Labute approximate surface area is 123 Å². The smallest absolute Gasteiger partial charge is 0.161 e. The summed E-state index contributed by atoms with van der Waals surface area (Å²) in [5, 5.41) is 0. The molecule has 1 aromatic heterocycles. The number of imidazole rings is 1. The van der Waals surface area contributed by atoms with Crippen molar-refractivity contribution in [1.29, 1.82) is 0 Å². The molecule has 21 heavy (non-hydrogen) atoms. The van der Waals surface area contributed by atoms with Crippen LogP contribution in [-0.2, 0) is 0 Å². The third-order valence-electron chi connectivity index (χ3n) is 4.38. The van der Waals surface area contributed by atoms with Crippen LogP contribution < -0.4 is 0 Å². The lowest BCUT2D eigenvalue weighted by molar-refractivity contribution is 0.0997. The van der Waals surface area contributed by atoms with Gasteiger partial charge in [0.25, 0.3) is 0 Å². The summed E-state index contributed by atoms with van der Waals surface area (Å²) in [6.45, 7) is 8.68. The van der Waals surface area contributed by atoms with Crippen molar-refractivity contribution in [2.45, 2.75) is 33.2 Å². The Hall–Kier alpha value is -1.49. The maximum atomic E-state index is 13.3. The Kier molecular flexibility index (Phi) is 3.69. The van der Waals surface area contributed by atoms with Crippen LogP contribution in [0.3, 0.4) is 0 Å². The average Bonchev–Trinajstić information content (AvgIpc) is 2.80. The Morgan fingerprint density at radius 2 is 1.81 bits per heavy atom. The number of halogens is 2. The van der Waals surface area contributed by atoms with Gasteiger partial charge in [0.2, 0.25) is 0 Å². The van der Waals surface area contributed by atoms with Crippen LogP contribution in [0.4, 0.5) is 8.78 Å². The van der Waals surface area contributed by atoms with Gasteiger partial charge < -0.3 is 4.98 Å². The second kappa shape index (κ2) is 5.37. The predicted octanol–water partition coefficient (Wildman–Crippen LogP) is 3.88. The van der Waals surface area contributed by atoms with Crippen molar-refractivity contribution in [3.05, 3.63) is 29.6 Å². The molecule has 0 aliphatic carbocycles. The van der Waals surface area contributed by atoms with E-state index in [1.165, 1.54) is 12.5 Å². The van der Waals surface area contributed by atoms with Gasteiger partial charge in [-0.1, -0.05) is 13.8 Å². The van der Waals surface area contributed by atoms with Crippen molar-refractivity contribution in [2.75, 3.05) is 13.1 Å². The number of H-pyrrole nitrogens is 1. The number of aromatic amines is 1. The van der Waals surface area contributed by atoms with E-state index in [0.717, 1.165) is 25.0 Å². The summed E-state index contributed by atoms with van der Waals surface area (Å²) in [5.41, 5.74) is 1.03. The van der Waals surface area contributed by atoms with Gasteiger partial charge >= 0.3 is 0 Å². The Bertz CT molecular complexity index is 603. The molecule has 0 radical (unpaired) electrons. The van der Waals surface area contributed by atoms with E-state index in [1.807, 2.05) is 0 Å². The molecule has 3 unspecified atom stereocenters. The molecule has 5 heteroatoms. The molecule has 0 bridgehead atoms. The molecule has 2 aromatic rings. The lowest BCUT2D eigenvalue weighted by Gasteiger charge is -2.38. The molecular weight excluding hydrogens is 272 g/mol. The molecule has 3 rings (SSSR count). The number of aromatic nitrogens is 2. The number of nitrogens with one attached hydrogen (secondary N) is 1. The molecular formula is C16H21F2N3. The van der Waals surface area contributed by atoms with Crippen LogP contribution in [0.15, 0.2) is 12.1 Å². The standard InChI is InChI=1S/C16H21F2N3/c1-9-4-10(2)8-21(7-9)11(3)16-19-14-5-12(17)13(18)6-15(14)20-16/h5-6,9-11H,4,7-8H2,1-3H3,(H,19,20). The summed E-state index contributed by atoms with van der Waals surface area (Å²) in [7, 11) is 0. The van der Waals surface area contributed by atoms with E-state index < -0.39 is 11.6 Å². The summed E-state index contributed by atoms with van der Waals surface area (Å²) in [4.78, 5) is 9.96. The predicted molar refractivity (Wildman–Crippen MR) is 78.9 cm³/mol. The highest BCUT2D eigenvalue weighted by atomic mass is 19.2. The van der Waals surface area contributed by atoms with Gasteiger partial charge in [0, 0.05) is 25.2 Å². The van der Waals surface area contributed by atoms with E-state index in [0.29, 0.717) is 22.9 Å². The van der Waals surface area contributed by atoms with Gasteiger partial charge in [0.05, 0.1) is 17.1 Å². The first-order valence-electron chi connectivity index (χ1n) is 7.52. The van der Waals surface area contributed by atoms with Gasteiger partial charge in [-0.15, -0.1) is 0 Å². The zero-order valence-electron chi connectivity index (χ0n) is 12.7. The summed E-state index contributed by atoms with van der Waals surface area (Å²) in [6, 6.07) is 2.45. The molecule has 0 saturated carbocycles. The quantitative estimate of drug-likeness (QED) is 0.911. The summed E-state index contributed by atoms with van der Waals surface area (Å²) < 4.78 is 26.6. The van der Waals surface area contributed by atoms with Crippen LogP contribution in [0.1, 0.15) is 39.1 Å². The number of rotatable bonds is 2. The monoisotopic (exact) mass is 293 g/mol. The number of benzene rings is 1. The van der Waals surface area contributed by atoms with Crippen LogP contribution >= 0.6 is 0 Å². The van der Waals surface area contributed by atoms with E-state index in [-0.39, 0.29) is 6.04 Å². The maximum Gasteiger partial charge on any atom is 0.161 e. The fourth-order valence-corrected chi connectivity index (χ4v) is 3.42. The van der Waals surface area contributed by atoms with Gasteiger partial charge in [0.15, 0.2) is 11.6 Å². The fraction of sp³-hybridized carbons (Fsp3) is 0.562. The van der Waals surface area contributed by atoms with Crippen molar-refractivity contribution in [3.8, 4) is 0 Å². The topological polar surface area (TPSA) is 31.9 Å². The zero-order valence-corrected chi connectivity index (χ0v) is 12.7. The molecule has 1 saturated heterocycles. The van der Waals surface area contributed by atoms with E-state index in [4.69, 9.17) is 0 Å². The van der Waals surface area contributed by atoms with Gasteiger partial charge in [-0.2, -0.15) is 0 Å². The van der Waals surface area contributed by atoms with Gasteiger partial charge in [-0.05, 0) is 25.2 Å². The van der Waals surface area contributed by atoms with Crippen molar-refractivity contribution >= 4 is 11.0 Å². The van der Waals surface area contributed by atoms with Crippen molar-refractivity contribution in [1.82, 2.24) is 14.9 Å². The zero-order chi connectivity index (χ0) is 15.1. The van der Waals surface area contributed by atoms with E-state index in [1.54, 1.807) is 0 Å². The lowest BCUT2D eigenvalue weighted by Crippen LogP contribution is -2.40. The van der Waals surface area contributed by atoms with Gasteiger partial charge in [-0.25, -0.2) is 13.8 Å².